The SMILES string of the molecule is Cc1nnsc1C(=O)N1CCN(CC(C)C)CC1. The first-order valence-electron chi connectivity index (χ1n) is 6.38. The van der Waals surface area contributed by atoms with Crippen LogP contribution in [0.1, 0.15) is 29.2 Å². The molecule has 0 aromatic carbocycles. The molecule has 6 heteroatoms. The van der Waals surface area contributed by atoms with E-state index in [2.05, 4.69) is 28.3 Å². The highest BCUT2D eigenvalue weighted by atomic mass is 32.1. The Morgan fingerprint density at radius 1 is 1.33 bits per heavy atom. The molecule has 0 N–H and O–H groups in total. The van der Waals surface area contributed by atoms with Crippen LogP contribution in [-0.4, -0.2) is 58.0 Å². The summed E-state index contributed by atoms with van der Waals surface area (Å²) in [7, 11) is 0. The molecule has 18 heavy (non-hydrogen) atoms. The molecule has 100 valence electrons. The minimum Gasteiger partial charge on any atom is -0.335 e. The summed E-state index contributed by atoms with van der Waals surface area (Å²) in [6.07, 6.45) is 0. The van der Waals surface area contributed by atoms with E-state index in [1.54, 1.807) is 0 Å². The molecule has 0 unspecified atom stereocenters. The molecule has 1 aromatic heterocycles. The molecule has 0 atom stereocenters. The number of carbonyl (C=O) groups excluding carboxylic acids is 1. The normalized spacial score (nSPS) is 17.4. The van der Waals surface area contributed by atoms with E-state index < -0.39 is 0 Å². The van der Waals surface area contributed by atoms with Crippen LogP contribution in [0, 0.1) is 12.8 Å². The van der Waals surface area contributed by atoms with E-state index in [1.807, 2.05) is 11.8 Å². The van der Waals surface area contributed by atoms with Crippen molar-refractivity contribution in [1.29, 1.82) is 0 Å². The van der Waals surface area contributed by atoms with Crippen molar-refractivity contribution in [2.24, 2.45) is 5.92 Å². The lowest BCUT2D eigenvalue weighted by atomic mass is 10.2. The molecular formula is C12H20N4OS. The summed E-state index contributed by atoms with van der Waals surface area (Å²) in [5.74, 6) is 0.770. The summed E-state index contributed by atoms with van der Waals surface area (Å²) >= 11 is 1.20. The maximum absolute atomic E-state index is 12.2. The smallest absolute Gasteiger partial charge is 0.267 e. The summed E-state index contributed by atoms with van der Waals surface area (Å²) in [5, 5.41) is 3.90. The van der Waals surface area contributed by atoms with Crippen molar-refractivity contribution in [2.75, 3.05) is 32.7 Å². The van der Waals surface area contributed by atoms with Gasteiger partial charge in [0.25, 0.3) is 5.91 Å². The Morgan fingerprint density at radius 2 is 2.00 bits per heavy atom. The Kier molecular flexibility index (Phi) is 4.29. The number of hydrogen-bond donors (Lipinski definition) is 0. The van der Waals surface area contributed by atoms with Crippen molar-refractivity contribution in [3.05, 3.63) is 10.6 Å². The first-order valence-corrected chi connectivity index (χ1v) is 7.16. The fourth-order valence-corrected chi connectivity index (χ4v) is 2.85. The average Bonchev–Trinajstić information content (AvgIpc) is 2.75. The molecule has 1 aromatic rings. The van der Waals surface area contributed by atoms with Gasteiger partial charge in [-0.15, -0.1) is 5.10 Å². The first kappa shape index (κ1) is 13.4. The third kappa shape index (κ3) is 3.05. The molecule has 0 radical (unpaired) electrons. The van der Waals surface area contributed by atoms with Gasteiger partial charge >= 0.3 is 0 Å². The van der Waals surface area contributed by atoms with Crippen LogP contribution in [0.5, 0.6) is 0 Å². The fraction of sp³-hybridized carbons (Fsp3) is 0.750. The Bertz CT molecular complexity index is 410. The van der Waals surface area contributed by atoms with E-state index in [-0.39, 0.29) is 5.91 Å². The lowest BCUT2D eigenvalue weighted by molar-refractivity contribution is 0.0627. The Hall–Kier alpha value is -1.01. The predicted octanol–water partition coefficient (Wildman–Crippen LogP) is 1.26. The maximum atomic E-state index is 12.2. The highest BCUT2D eigenvalue weighted by Gasteiger charge is 2.24. The molecule has 2 rings (SSSR count). The van der Waals surface area contributed by atoms with Gasteiger partial charge < -0.3 is 4.90 Å². The number of hydrogen-bond acceptors (Lipinski definition) is 5. The van der Waals surface area contributed by atoms with Gasteiger partial charge in [-0.2, -0.15) is 0 Å². The molecule has 1 saturated heterocycles. The van der Waals surface area contributed by atoms with E-state index in [0.717, 1.165) is 38.4 Å². The van der Waals surface area contributed by atoms with Crippen molar-refractivity contribution in [3.63, 3.8) is 0 Å². The average molecular weight is 268 g/mol. The minimum absolute atomic E-state index is 0.0895. The van der Waals surface area contributed by atoms with Crippen LogP contribution in [0.4, 0.5) is 0 Å². The van der Waals surface area contributed by atoms with Crippen LogP contribution in [0.3, 0.4) is 0 Å². The summed E-state index contributed by atoms with van der Waals surface area (Å²) in [6.45, 7) is 11.0. The molecular weight excluding hydrogens is 248 g/mol. The van der Waals surface area contributed by atoms with Crippen LogP contribution in [0.2, 0.25) is 0 Å². The Labute approximate surface area is 112 Å². The van der Waals surface area contributed by atoms with E-state index in [4.69, 9.17) is 0 Å². The lowest BCUT2D eigenvalue weighted by Gasteiger charge is -2.35. The van der Waals surface area contributed by atoms with Gasteiger partial charge in [0.05, 0.1) is 5.69 Å². The van der Waals surface area contributed by atoms with Gasteiger partial charge in [-0.3, -0.25) is 9.69 Å². The lowest BCUT2D eigenvalue weighted by Crippen LogP contribution is -2.49. The zero-order chi connectivity index (χ0) is 13.1. The van der Waals surface area contributed by atoms with Crippen LogP contribution < -0.4 is 0 Å². The van der Waals surface area contributed by atoms with Crippen LogP contribution in [0.15, 0.2) is 0 Å². The fourth-order valence-electron chi connectivity index (χ4n) is 2.22. The highest BCUT2D eigenvalue weighted by molar-refractivity contribution is 7.07. The largest absolute Gasteiger partial charge is 0.335 e. The molecule has 0 aliphatic carbocycles. The van der Waals surface area contributed by atoms with Gasteiger partial charge in [0.2, 0.25) is 0 Å². The summed E-state index contributed by atoms with van der Waals surface area (Å²) in [5.41, 5.74) is 0.745. The standard InChI is InChI=1S/C12H20N4OS/c1-9(2)8-15-4-6-16(7-5-15)12(17)11-10(3)13-14-18-11/h9H,4-8H2,1-3H3. The molecule has 1 fully saturated rings. The molecule has 1 aliphatic rings. The monoisotopic (exact) mass is 268 g/mol. The van der Waals surface area contributed by atoms with Crippen molar-refractivity contribution in [1.82, 2.24) is 19.4 Å². The van der Waals surface area contributed by atoms with Gasteiger partial charge in [0.15, 0.2) is 0 Å². The van der Waals surface area contributed by atoms with Crippen LogP contribution in [-0.2, 0) is 0 Å². The minimum atomic E-state index is 0.0895. The number of nitrogens with zero attached hydrogens (tertiary/aromatic N) is 4. The number of amides is 1. The van der Waals surface area contributed by atoms with E-state index in [1.165, 1.54) is 11.5 Å². The van der Waals surface area contributed by atoms with Gasteiger partial charge in [-0.1, -0.05) is 18.3 Å². The van der Waals surface area contributed by atoms with Crippen molar-refractivity contribution >= 4 is 17.4 Å². The number of rotatable bonds is 3. The van der Waals surface area contributed by atoms with E-state index >= 15 is 0 Å². The second-order valence-electron chi connectivity index (χ2n) is 5.17. The number of piperazine rings is 1. The zero-order valence-electron chi connectivity index (χ0n) is 11.2. The topological polar surface area (TPSA) is 49.3 Å². The van der Waals surface area contributed by atoms with Crippen LogP contribution >= 0.6 is 11.5 Å². The van der Waals surface area contributed by atoms with Crippen molar-refractivity contribution in [3.8, 4) is 0 Å². The molecule has 1 aliphatic heterocycles. The molecule has 0 spiro atoms. The summed E-state index contributed by atoms with van der Waals surface area (Å²) in [4.78, 5) is 17.3. The molecule has 2 heterocycles. The number of aryl methyl sites for hydroxylation is 1. The predicted molar refractivity (Wildman–Crippen MR) is 71.8 cm³/mol. The van der Waals surface area contributed by atoms with Gasteiger partial charge in [-0.05, 0) is 24.4 Å². The third-order valence-corrected chi connectivity index (χ3v) is 3.94. The maximum Gasteiger partial charge on any atom is 0.267 e. The molecule has 0 saturated carbocycles. The summed E-state index contributed by atoms with van der Waals surface area (Å²) < 4.78 is 3.83. The molecule has 1 amide bonds. The molecule has 0 bridgehead atoms. The number of carbonyl (C=O) groups is 1. The van der Waals surface area contributed by atoms with Crippen LogP contribution in [0.25, 0.3) is 0 Å². The summed E-state index contributed by atoms with van der Waals surface area (Å²) in [6, 6.07) is 0. The van der Waals surface area contributed by atoms with Gasteiger partial charge in [-0.25, -0.2) is 0 Å². The van der Waals surface area contributed by atoms with Gasteiger partial charge in [0, 0.05) is 32.7 Å². The second kappa shape index (κ2) is 5.75. The van der Waals surface area contributed by atoms with Gasteiger partial charge in [0.1, 0.15) is 4.88 Å². The van der Waals surface area contributed by atoms with Crippen molar-refractivity contribution < 1.29 is 4.79 Å². The quantitative estimate of drug-likeness (QED) is 0.828. The second-order valence-corrected chi connectivity index (χ2v) is 5.93. The third-order valence-electron chi connectivity index (χ3n) is 3.13. The number of aromatic nitrogens is 2. The Morgan fingerprint density at radius 3 is 2.50 bits per heavy atom. The van der Waals surface area contributed by atoms with E-state index in [0.29, 0.717) is 10.8 Å². The Balaban J connectivity index is 1.90. The zero-order valence-corrected chi connectivity index (χ0v) is 12.0. The van der Waals surface area contributed by atoms with Crippen molar-refractivity contribution in [2.45, 2.75) is 20.8 Å². The first-order chi connectivity index (χ1) is 8.58. The molecule has 5 nitrogen and oxygen atoms in total. The highest BCUT2D eigenvalue weighted by Crippen LogP contribution is 2.14. The van der Waals surface area contributed by atoms with E-state index in [9.17, 15) is 4.79 Å².